The number of rotatable bonds is 0. The Morgan fingerprint density at radius 2 is 1.64 bits per heavy atom. The van der Waals surface area contributed by atoms with E-state index < -0.39 is 0 Å². The number of hydrogen-bond acceptors (Lipinski definition) is 1. The average Bonchev–Trinajstić information content (AvgIpc) is 1.81. The van der Waals surface area contributed by atoms with Crippen LogP contribution < -0.4 is 0 Å². The van der Waals surface area contributed by atoms with Crippen molar-refractivity contribution in [2.45, 2.75) is 46.1 Å². The number of hydrogen-bond donors (Lipinski definition) is 0. The first kappa shape index (κ1) is 9.01. The Morgan fingerprint density at radius 1 is 1.09 bits per heavy atom. The minimum Gasteiger partial charge on any atom is -0.149 e. The van der Waals surface area contributed by atoms with E-state index in [0.717, 1.165) is 6.42 Å². The van der Waals surface area contributed by atoms with Gasteiger partial charge in [0.2, 0.25) is 0 Å². The summed E-state index contributed by atoms with van der Waals surface area (Å²) in [6.45, 7) is 9.05. The Balaban J connectivity index is 2.63. The van der Waals surface area contributed by atoms with Gasteiger partial charge >= 0.3 is 0 Å². The third kappa shape index (κ3) is 1.94. The first-order chi connectivity index (χ1) is 4.83. The molecule has 1 rings (SSSR count). The normalized spacial score (nSPS) is 30.3. The van der Waals surface area contributed by atoms with Crippen molar-refractivity contribution in [3.8, 4) is 0 Å². The smallest absolute Gasteiger partial charge is 0.0438 e. The van der Waals surface area contributed by atoms with Gasteiger partial charge in [0.1, 0.15) is 0 Å². The van der Waals surface area contributed by atoms with Crippen LogP contribution >= 0.6 is 0 Å². The Bertz CT molecular complexity index is 152. The molecule has 0 aromatic carbocycles. The molecule has 0 saturated carbocycles. The van der Waals surface area contributed by atoms with Crippen molar-refractivity contribution in [2.24, 2.45) is 5.41 Å². The van der Waals surface area contributed by atoms with Gasteiger partial charge in [-0.05, 0) is 32.1 Å². The maximum absolute atomic E-state index is 11.4. The highest BCUT2D eigenvalue weighted by atomic mass is 16.5. The highest BCUT2D eigenvalue weighted by Crippen LogP contribution is 2.36. The van der Waals surface area contributed by atoms with Gasteiger partial charge in [0.05, 0.1) is 0 Å². The van der Waals surface area contributed by atoms with Crippen LogP contribution in [0.1, 0.15) is 40.5 Å². The lowest BCUT2D eigenvalue weighted by atomic mass is 9.78. The van der Waals surface area contributed by atoms with E-state index in [1.54, 1.807) is 0 Å². The van der Waals surface area contributed by atoms with Crippen molar-refractivity contribution in [3.05, 3.63) is 0 Å². The lowest BCUT2D eigenvalue weighted by Gasteiger charge is -2.43. The van der Waals surface area contributed by atoms with Crippen LogP contribution in [0.2, 0.25) is 0 Å². The van der Waals surface area contributed by atoms with Gasteiger partial charge in [-0.3, -0.25) is 0 Å². The fourth-order valence-electron chi connectivity index (χ4n) is 1.45. The van der Waals surface area contributed by atoms with Crippen LogP contribution in [0.4, 0.5) is 0 Å². The molecule has 0 aromatic heterocycles. The van der Waals surface area contributed by atoms with Crippen molar-refractivity contribution in [3.63, 3.8) is 0 Å². The van der Waals surface area contributed by atoms with Gasteiger partial charge in [0, 0.05) is 12.1 Å². The molecule has 11 heavy (non-hydrogen) atoms. The maximum atomic E-state index is 11.4. The quantitative estimate of drug-likeness (QED) is 0.527. The molecule has 1 aliphatic heterocycles. The third-order valence-electron chi connectivity index (χ3n) is 2.66. The lowest BCUT2D eigenvalue weighted by Crippen LogP contribution is -2.50. The lowest BCUT2D eigenvalue weighted by molar-refractivity contribution is -0.249. The summed E-state index contributed by atoms with van der Waals surface area (Å²) in [6.07, 6.45) is 2.18. The minimum atomic E-state index is -0.129. The fraction of sp³-hybridized carbons (Fsp3) is 1.00. The molecule has 0 bridgehead atoms. The molecule has 0 amide bonds. The maximum Gasteiger partial charge on any atom is 0.0438 e. The van der Waals surface area contributed by atoms with Gasteiger partial charge in [-0.15, -0.1) is 10.3 Å². The van der Waals surface area contributed by atoms with E-state index in [2.05, 4.69) is 13.8 Å². The molecule has 0 N–H and O–H groups in total. The first-order valence-corrected chi connectivity index (χ1v) is 4.28. The standard InChI is InChI=1S/C9H18NO/c1-8(2)5-6-9(3,4)10(11)7-8/h5-7H2,1-4H3. The Morgan fingerprint density at radius 3 is 2.00 bits per heavy atom. The molecule has 0 spiro atoms. The molecule has 1 radical (unpaired) electrons. The van der Waals surface area contributed by atoms with Crippen LogP contribution in [0.3, 0.4) is 0 Å². The Labute approximate surface area is 69.2 Å². The van der Waals surface area contributed by atoms with Crippen molar-refractivity contribution in [2.75, 3.05) is 6.54 Å². The van der Waals surface area contributed by atoms with Crippen molar-refractivity contribution in [1.82, 2.24) is 5.06 Å². The van der Waals surface area contributed by atoms with Crippen molar-refractivity contribution in [1.29, 1.82) is 0 Å². The highest BCUT2D eigenvalue weighted by molar-refractivity contribution is 4.88. The summed E-state index contributed by atoms with van der Waals surface area (Å²) in [5, 5.41) is 12.7. The molecule has 0 atom stereocenters. The van der Waals surface area contributed by atoms with Crippen LogP contribution in [0, 0.1) is 5.41 Å². The molecular formula is C9H18NO. The average molecular weight is 156 g/mol. The second-order valence-corrected chi connectivity index (χ2v) is 5.01. The molecule has 1 saturated heterocycles. The van der Waals surface area contributed by atoms with E-state index in [1.807, 2.05) is 13.8 Å². The first-order valence-electron chi connectivity index (χ1n) is 4.28. The molecule has 0 aliphatic carbocycles. The predicted molar refractivity (Wildman–Crippen MR) is 44.5 cm³/mol. The van der Waals surface area contributed by atoms with E-state index in [0.29, 0.717) is 6.54 Å². The van der Waals surface area contributed by atoms with E-state index in [9.17, 15) is 5.21 Å². The second-order valence-electron chi connectivity index (χ2n) is 5.01. The molecule has 65 valence electrons. The largest absolute Gasteiger partial charge is 0.149 e. The van der Waals surface area contributed by atoms with Gasteiger partial charge in [0.25, 0.3) is 0 Å². The summed E-state index contributed by atoms with van der Waals surface area (Å²) in [5.74, 6) is 0. The van der Waals surface area contributed by atoms with Gasteiger partial charge in [-0.25, -0.2) is 0 Å². The zero-order valence-electron chi connectivity index (χ0n) is 7.98. The minimum absolute atomic E-state index is 0.129. The predicted octanol–water partition coefficient (Wildman–Crippen LogP) is 2.23. The van der Waals surface area contributed by atoms with E-state index in [-0.39, 0.29) is 11.0 Å². The molecule has 1 aliphatic rings. The molecule has 2 heteroatoms. The molecular weight excluding hydrogens is 138 g/mol. The summed E-state index contributed by atoms with van der Waals surface area (Å²) in [5.41, 5.74) is 0.0901. The Hall–Kier alpha value is -0.0800. The monoisotopic (exact) mass is 156 g/mol. The van der Waals surface area contributed by atoms with Gasteiger partial charge in [-0.2, -0.15) is 0 Å². The molecule has 2 nitrogen and oxygen atoms in total. The zero-order chi connectivity index (χ0) is 8.70. The summed E-state index contributed by atoms with van der Waals surface area (Å²) in [6, 6.07) is 0. The topological polar surface area (TPSA) is 23.1 Å². The van der Waals surface area contributed by atoms with Gasteiger partial charge < -0.3 is 0 Å². The number of hydroxylamine groups is 2. The second kappa shape index (κ2) is 2.46. The van der Waals surface area contributed by atoms with E-state index in [4.69, 9.17) is 0 Å². The fourth-order valence-corrected chi connectivity index (χ4v) is 1.45. The van der Waals surface area contributed by atoms with E-state index in [1.165, 1.54) is 11.5 Å². The van der Waals surface area contributed by atoms with Crippen LogP contribution in [0.25, 0.3) is 0 Å². The number of nitrogens with zero attached hydrogens (tertiary/aromatic N) is 1. The summed E-state index contributed by atoms with van der Waals surface area (Å²) in [7, 11) is 0. The van der Waals surface area contributed by atoms with Crippen LogP contribution in [0.5, 0.6) is 0 Å². The molecule has 0 unspecified atom stereocenters. The van der Waals surface area contributed by atoms with Crippen LogP contribution in [-0.2, 0) is 5.21 Å². The summed E-state index contributed by atoms with van der Waals surface area (Å²) < 4.78 is 0. The SMILES string of the molecule is CC1(C)CCC(C)(C)N([O])C1. The summed E-state index contributed by atoms with van der Waals surface area (Å²) >= 11 is 0. The third-order valence-corrected chi connectivity index (χ3v) is 2.66. The summed E-state index contributed by atoms with van der Waals surface area (Å²) in [4.78, 5) is 0. The molecule has 0 aromatic rings. The van der Waals surface area contributed by atoms with Crippen LogP contribution in [0.15, 0.2) is 0 Å². The molecule has 1 heterocycles. The highest BCUT2D eigenvalue weighted by Gasteiger charge is 2.38. The van der Waals surface area contributed by atoms with Crippen molar-refractivity contribution < 1.29 is 5.21 Å². The zero-order valence-corrected chi connectivity index (χ0v) is 7.98. The molecule has 1 fully saturated rings. The number of piperidine rings is 1. The van der Waals surface area contributed by atoms with E-state index >= 15 is 0 Å². The van der Waals surface area contributed by atoms with Gasteiger partial charge in [-0.1, -0.05) is 13.8 Å². The Kier molecular flexibility index (Phi) is 2.01. The van der Waals surface area contributed by atoms with Crippen LogP contribution in [-0.4, -0.2) is 17.1 Å². The van der Waals surface area contributed by atoms with Gasteiger partial charge in [0.15, 0.2) is 0 Å². The van der Waals surface area contributed by atoms with Crippen molar-refractivity contribution >= 4 is 0 Å².